The summed E-state index contributed by atoms with van der Waals surface area (Å²) in [7, 11) is 0. The van der Waals surface area contributed by atoms with E-state index in [0.717, 1.165) is 0 Å². The second kappa shape index (κ2) is 5.16. The number of amides is 1. The van der Waals surface area contributed by atoms with Crippen molar-refractivity contribution in [1.29, 1.82) is 0 Å². The fraction of sp³-hybridized carbons (Fsp3) is 0.154. The van der Waals surface area contributed by atoms with Crippen LogP contribution in [-0.2, 0) is 0 Å². The fourth-order valence-corrected chi connectivity index (χ4v) is 2.01. The highest BCUT2D eigenvalue weighted by atomic mass is 16.2. The van der Waals surface area contributed by atoms with Gasteiger partial charge in [0.05, 0.1) is 6.04 Å². The third-order valence-electron chi connectivity index (χ3n) is 3.08. The molecular weight excluding hydrogens is 272 g/mol. The fourth-order valence-electron chi connectivity index (χ4n) is 2.01. The van der Waals surface area contributed by atoms with Crippen LogP contribution >= 0.6 is 0 Å². The summed E-state index contributed by atoms with van der Waals surface area (Å²) in [5, 5.41) is 16.6. The maximum Gasteiger partial charge on any atom is 0.268 e. The molecule has 0 fully saturated rings. The predicted octanol–water partition coefficient (Wildman–Crippen LogP) is 0.532. The average molecular weight is 284 g/mol. The molecule has 106 valence electrons. The molecule has 8 nitrogen and oxygen atoms in total. The number of carbonyl (C=O) groups excluding carboxylic acids is 1. The second-order valence-electron chi connectivity index (χ2n) is 4.56. The Morgan fingerprint density at radius 3 is 2.90 bits per heavy atom. The van der Waals surface area contributed by atoms with Crippen molar-refractivity contribution in [2.24, 2.45) is 0 Å². The number of aromatic nitrogens is 5. The number of nitrogens with one attached hydrogen (secondary N) is 3. The number of hydrogen-bond acceptors (Lipinski definition) is 5. The number of para-hydroxylation sites is 1. The van der Waals surface area contributed by atoms with Gasteiger partial charge < -0.3 is 10.3 Å². The van der Waals surface area contributed by atoms with Crippen LogP contribution in [0.15, 0.2) is 35.1 Å². The van der Waals surface area contributed by atoms with Gasteiger partial charge >= 0.3 is 0 Å². The van der Waals surface area contributed by atoms with Crippen molar-refractivity contribution in [3.63, 3.8) is 0 Å². The Hall–Kier alpha value is -3.03. The number of benzene rings is 1. The number of pyridine rings is 1. The van der Waals surface area contributed by atoms with Crippen LogP contribution in [0.25, 0.3) is 10.9 Å². The first-order chi connectivity index (χ1) is 10.1. The van der Waals surface area contributed by atoms with E-state index in [0.29, 0.717) is 16.7 Å². The Morgan fingerprint density at radius 2 is 2.14 bits per heavy atom. The highest BCUT2D eigenvalue weighted by Gasteiger charge is 2.16. The van der Waals surface area contributed by atoms with Gasteiger partial charge in [0.25, 0.3) is 5.91 Å². The topological polar surface area (TPSA) is 116 Å². The smallest absolute Gasteiger partial charge is 0.268 e. The van der Waals surface area contributed by atoms with Gasteiger partial charge in [0.1, 0.15) is 5.69 Å². The van der Waals surface area contributed by atoms with Crippen LogP contribution in [-0.4, -0.2) is 31.5 Å². The SMILES string of the molecule is CC(NC(=O)c1cc(=O)c2ccccc2[nH]1)c1nn[nH]n1. The summed E-state index contributed by atoms with van der Waals surface area (Å²) >= 11 is 0. The van der Waals surface area contributed by atoms with Gasteiger partial charge in [-0.2, -0.15) is 5.21 Å². The molecule has 1 aromatic carbocycles. The molecule has 3 aromatic rings. The predicted molar refractivity (Wildman–Crippen MR) is 74.6 cm³/mol. The Labute approximate surface area is 118 Å². The minimum atomic E-state index is -0.425. The maximum absolute atomic E-state index is 12.2. The van der Waals surface area contributed by atoms with Gasteiger partial charge in [-0.15, -0.1) is 10.2 Å². The summed E-state index contributed by atoms with van der Waals surface area (Å²) in [6.45, 7) is 1.72. The second-order valence-corrected chi connectivity index (χ2v) is 4.56. The zero-order valence-corrected chi connectivity index (χ0v) is 11.1. The molecular formula is C13H12N6O2. The van der Waals surface area contributed by atoms with Crippen molar-refractivity contribution >= 4 is 16.8 Å². The van der Waals surface area contributed by atoms with Crippen LogP contribution in [0.1, 0.15) is 29.3 Å². The standard InChI is InChI=1S/C13H12N6O2/c1-7(12-16-18-19-17-12)14-13(21)10-6-11(20)8-4-2-3-5-9(8)15-10/h2-7H,1H3,(H,14,21)(H,15,20)(H,16,17,18,19). The van der Waals surface area contributed by atoms with E-state index in [2.05, 4.69) is 30.9 Å². The van der Waals surface area contributed by atoms with E-state index < -0.39 is 11.9 Å². The molecule has 1 atom stereocenters. The van der Waals surface area contributed by atoms with Crippen LogP contribution in [0.4, 0.5) is 0 Å². The van der Waals surface area contributed by atoms with Crippen molar-refractivity contribution < 1.29 is 4.79 Å². The van der Waals surface area contributed by atoms with Crippen molar-refractivity contribution in [2.45, 2.75) is 13.0 Å². The number of rotatable bonds is 3. The quantitative estimate of drug-likeness (QED) is 0.648. The summed E-state index contributed by atoms with van der Waals surface area (Å²) in [4.78, 5) is 27.1. The Kier molecular flexibility index (Phi) is 3.19. The lowest BCUT2D eigenvalue weighted by atomic mass is 10.2. The summed E-state index contributed by atoms with van der Waals surface area (Å²) in [6, 6.07) is 7.87. The molecule has 0 aliphatic rings. The Bertz CT molecular complexity index is 839. The van der Waals surface area contributed by atoms with Gasteiger partial charge in [-0.3, -0.25) is 9.59 Å². The third kappa shape index (κ3) is 2.50. The highest BCUT2D eigenvalue weighted by molar-refractivity contribution is 5.94. The van der Waals surface area contributed by atoms with Gasteiger partial charge in [-0.1, -0.05) is 17.3 Å². The normalized spacial score (nSPS) is 12.2. The Morgan fingerprint density at radius 1 is 1.33 bits per heavy atom. The number of H-pyrrole nitrogens is 2. The van der Waals surface area contributed by atoms with E-state index in [9.17, 15) is 9.59 Å². The van der Waals surface area contributed by atoms with Gasteiger partial charge in [-0.05, 0) is 19.1 Å². The molecule has 0 aliphatic heterocycles. The largest absolute Gasteiger partial charge is 0.350 e. The van der Waals surface area contributed by atoms with E-state index >= 15 is 0 Å². The van der Waals surface area contributed by atoms with Gasteiger partial charge in [0, 0.05) is 17.0 Å². The highest BCUT2D eigenvalue weighted by Crippen LogP contribution is 2.09. The molecule has 8 heteroatoms. The van der Waals surface area contributed by atoms with Gasteiger partial charge in [-0.25, -0.2) is 0 Å². The number of carbonyl (C=O) groups is 1. The summed E-state index contributed by atoms with van der Waals surface area (Å²) in [6.07, 6.45) is 0. The van der Waals surface area contributed by atoms with Crippen LogP contribution in [0, 0.1) is 0 Å². The van der Waals surface area contributed by atoms with Crippen LogP contribution in [0.3, 0.4) is 0 Å². The van der Waals surface area contributed by atoms with E-state index in [4.69, 9.17) is 0 Å². The zero-order chi connectivity index (χ0) is 14.8. The summed E-state index contributed by atoms with van der Waals surface area (Å²) in [5.74, 6) is -0.0401. The summed E-state index contributed by atoms with van der Waals surface area (Å²) in [5.41, 5.74) is 0.595. The summed E-state index contributed by atoms with van der Waals surface area (Å²) < 4.78 is 0. The first kappa shape index (κ1) is 13.0. The van der Waals surface area contributed by atoms with Crippen molar-refractivity contribution in [2.75, 3.05) is 0 Å². The molecule has 0 bridgehead atoms. The molecule has 21 heavy (non-hydrogen) atoms. The molecule has 1 amide bonds. The Balaban J connectivity index is 1.90. The number of aromatic amines is 2. The lowest BCUT2D eigenvalue weighted by molar-refractivity contribution is 0.0933. The minimum Gasteiger partial charge on any atom is -0.350 e. The average Bonchev–Trinajstić information content (AvgIpc) is 3.01. The van der Waals surface area contributed by atoms with Gasteiger partial charge in [0.2, 0.25) is 0 Å². The first-order valence-electron chi connectivity index (χ1n) is 6.31. The molecule has 0 radical (unpaired) electrons. The number of nitrogens with zero attached hydrogens (tertiary/aromatic N) is 3. The zero-order valence-electron chi connectivity index (χ0n) is 11.1. The molecule has 1 unspecified atom stereocenters. The first-order valence-corrected chi connectivity index (χ1v) is 6.31. The maximum atomic E-state index is 12.2. The molecule has 2 heterocycles. The van der Waals surface area contributed by atoms with Crippen molar-refractivity contribution in [3.8, 4) is 0 Å². The van der Waals surface area contributed by atoms with Gasteiger partial charge in [0.15, 0.2) is 11.3 Å². The third-order valence-corrected chi connectivity index (χ3v) is 3.08. The molecule has 0 saturated heterocycles. The number of hydrogen-bond donors (Lipinski definition) is 3. The van der Waals surface area contributed by atoms with E-state index in [1.165, 1.54) is 6.07 Å². The molecule has 3 rings (SSSR count). The molecule has 3 N–H and O–H groups in total. The molecule has 0 saturated carbocycles. The van der Waals surface area contributed by atoms with Crippen LogP contribution in [0.5, 0.6) is 0 Å². The van der Waals surface area contributed by atoms with Crippen LogP contribution in [0.2, 0.25) is 0 Å². The van der Waals surface area contributed by atoms with Crippen molar-refractivity contribution in [3.05, 3.63) is 52.1 Å². The lowest BCUT2D eigenvalue weighted by Gasteiger charge is -2.10. The van der Waals surface area contributed by atoms with E-state index in [1.54, 1.807) is 31.2 Å². The lowest BCUT2D eigenvalue weighted by Crippen LogP contribution is -2.29. The van der Waals surface area contributed by atoms with E-state index in [1.807, 2.05) is 0 Å². The van der Waals surface area contributed by atoms with Crippen LogP contribution < -0.4 is 10.7 Å². The van der Waals surface area contributed by atoms with Crippen molar-refractivity contribution in [1.82, 2.24) is 30.9 Å². The number of tetrazole rings is 1. The minimum absolute atomic E-state index is 0.189. The van der Waals surface area contributed by atoms with E-state index in [-0.39, 0.29) is 11.1 Å². The molecule has 0 spiro atoms. The number of fused-ring (bicyclic) bond motifs is 1. The monoisotopic (exact) mass is 284 g/mol. The molecule has 0 aliphatic carbocycles. The molecule has 2 aromatic heterocycles.